The zero-order valence-electron chi connectivity index (χ0n) is 14.2. The molecular weight excluding hydrogens is 324 g/mol. The highest BCUT2D eigenvalue weighted by molar-refractivity contribution is 6.30. The molecule has 0 N–H and O–H groups in total. The van der Waals surface area contributed by atoms with E-state index in [1.54, 1.807) is 0 Å². The van der Waals surface area contributed by atoms with Crippen LogP contribution >= 0.6 is 11.6 Å². The van der Waals surface area contributed by atoms with E-state index in [0.29, 0.717) is 22.9 Å². The van der Waals surface area contributed by atoms with Gasteiger partial charge < -0.3 is 9.64 Å². The predicted octanol–water partition coefficient (Wildman–Crippen LogP) is 2.55. The third kappa shape index (κ3) is 2.85. The highest BCUT2D eigenvalue weighted by atomic mass is 35.5. The molecule has 4 rings (SSSR count). The minimum Gasteiger partial charge on any atom is -0.379 e. The Hall–Kier alpha value is -1.10. The van der Waals surface area contributed by atoms with E-state index < -0.39 is 0 Å². The second-order valence-corrected chi connectivity index (χ2v) is 7.93. The number of ether oxygens (including phenoxy) is 1. The molecule has 3 fully saturated rings. The van der Waals surface area contributed by atoms with Gasteiger partial charge in [-0.1, -0.05) is 30.7 Å². The maximum absolute atomic E-state index is 13.3. The van der Waals surface area contributed by atoms with Crippen molar-refractivity contribution in [2.24, 2.45) is 5.92 Å². The molecule has 1 aliphatic carbocycles. The van der Waals surface area contributed by atoms with Crippen molar-refractivity contribution in [3.63, 3.8) is 0 Å². The first-order valence-corrected chi connectivity index (χ1v) is 9.35. The maximum Gasteiger partial charge on any atom is 0.233 e. The molecule has 0 unspecified atom stereocenters. The van der Waals surface area contributed by atoms with Crippen LogP contribution in [0.1, 0.15) is 25.3 Å². The average molecular weight is 349 g/mol. The Bertz CT molecular complexity index is 626. The summed E-state index contributed by atoms with van der Waals surface area (Å²) in [5.74, 6) is 0.814. The van der Waals surface area contributed by atoms with Crippen molar-refractivity contribution >= 4 is 17.5 Å². The lowest BCUT2D eigenvalue weighted by molar-refractivity contribution is -0.133. The summed E-state index contributed by atoms with van der Waals surface area (Å²) >= 11 is 6.15. The quantitative estimate of drug-likeness (QED) is 0.841. The SMILES string of the molecule is C[C@@H]1CN(C(=O)C2(c3cccc(Cl)c3)CC2)C[C@H]1N1CCOCC1. The van der Waals surface area contributed by atoms with E-state index in [0.717, 1.165) is 57.8 Å². The lowest BCUT2D eigenvalue weighted by Crippen LogP contribution is -2.47. The van der Waals surface area contributed by atoms with Gasteiger partial charge in [-0.3, -0.25) is 9.69 Å². The van der Waals surface area contributed by atoms with E-state index in [9.17, 15) is 4.79 Å². The average Bonchev–Trinajstić information content (AvgIpc) is 3.32. The predicted molar refractivity (Wildman–Crippen MR) is 94.3 cm³/mol. The molecule has 0 bridgehead atoms. The van der Waals surface area contributed by atoms with Crippen molar-refractivity contribution in [1.29, 1.82) is 0 Å². The van der Waals surface area contributed by atoms with Crippen LogP contribution < -0.4 is 0 Å². The van der Waals surface area contributed by atoms with Crippen molar-refractivity contribution in [1.82, 2.24) is 9.80 Å². The van der Waals surface area contributed by atoms with Crippen LogP contribution in [0.25, 0.3) is 0 Å². The van der Waals surface area contributed by atoms with Gasteiger partial charge >= 0.3 is 0 Å². The molecule has 2 aliphatic heterocycles. The zero-order valence-corrected chi connectivity index (χ0v) is 15.0. The summed E-state index contributed by atoms with van der Waals surface area (Å²) in [6.07, 6.45) is 1.89. The van der Waals surface area contributed by atoms with E-state index in [2.05, 4.69) is 22.8 Å². The fourth-order valence-electron chi connectivity index (χ4n) is 4.34. The summed E-state index contributed by atoms with van der Waals surface area (Å²) in [7, 11) is 0. The molecule has 130 valence electrons. The fraction of sp³-hybridized carbons (Fsp3) is 0.632. The Morgan fingerprint density at radius 3 is 2.67 bits per heavy atom. The monoisotopic (exact) mass is 348 g/mol. The van der Waals surface area contributed by atoms with E-state index in [-0.39, 0.29) is 5.41 Å². The van der Waals surface area contributed by atoms with Gasteiger partial charge in [0.2, 0.25) is 5.91 Å². The summed E-state index contributed by atoms with van der Waals surface area (Å²) in [5, 5.41) is 0.715. The zero-order chi connectivity index (χ0) is 16.7. The van der Waals surface area contributed by atoms with Crippen LogP contribution in [0.5, 0.6) is 0 Å². The highest BCUT2D eigenvalue weighted by Gasteiger charge is 2.54. The molecule has 0 spiro atoms. The van der Waals surface area contributed by atoms with Crippen LogP contribution in [-0.4, -0.2) is 61.1 Å². The molecule has 4 nitrogen and oxygen atoms in total. The minimum absolute atomic E-state index is 0.298. The van der Waals surface area contributed by atoms with Crippen LogP contribution in [0.4, 0.5) is 0 Å². The lowest BCUT2D eigenvalue weighted by Gasteiger charge is -2.34. The van der Waals surface area contributed by atoms with E-state index >= 15 is 0 Å². The molecule has 1 saturated carbocycles. The number of rotatable bonds is 3. The van der Waals surface area contributed by atoms with Gasteiger partial charge in [-0.15, -0.1) is 0 Å². The number of halogens is 1. The molecule has 1 amide bonds. The molecule has 0 radical (unpaired) electrons. The molecule has 2 saturated heterocycles. The van der Waals surface area contributed by atoms with Crippen molar-refractivity contribution < 1.29 is 9.53 Å². The fourth-order valence-corrected chi connectivity index (χ4v) is 4.53. The molecule has 5 heteroatoms. The van der Waals surface area contributed by atoms with Crippen LogP contribution in [0.3, 0.4) is 0 Å². The molecule has 2 heterocycles. The summed E-state index contributed by atoms with van der Waals surface area (Å²) in [4.78, 5) is 17.9. The van der Waals surface area contributed by atoms with E-state index in [1.165, 1.54) is 0 Å². The Morgan fingerprint density at radius 1 is 1.25 bits per heavy atom. The van der Waals surface area contributed by atoms with Gasteiger partial charge in [0.25, 0.3) is 0 Å². The number of nitrogens with zero attached hydrogens (tertiary/aromatic N) is 2. The summed E-state index contributed by atoms with van der Waals surface area (Å²) < 4.78 is 5.47. The second kappa shape index (κ2) is 6.32. The molecule has 3 aliphatic rings. The van der Waals surface area contributed by atoms with Gasteiger partial charge in [0.05, 0.1) is 18.6 Å². The van der Waals surface area contributed by atoms with Gasteiger partial charge in [-0.05, 0) is 36.5 Å². The van der Waals surface area contributed by atoms with Crippen LogP contribution in [0.2, 0.25) is 5.02 Å². The normalized spacial score (nSPS) is 29.7. The summed E-state index contributed by atoms with van der Waals surface area (Å²) in [6.45, 7) is 7.57. The Morgan fingerprint density at radius 2 is 2.00 bits per heavy atom. The van der Waals surface area contributed by atoms with Gasteiger partial charge in [-0.25, -0.2) is 0 Å². The Balaban J connectivity index is 1.49. The number of benzene rings is 1. The highest BCUT2D eigenvalue weighted by Crippen LogP contribution is 2.50. The number of hydrogen-bond donors (Lipinski definition) is 0. The first-order valence-electron chi connectivity index (χ1n) is 8.97. The third-order valence-electron chi connectivity index (χ3n) is 5.91. The van der Waals surface area contributed by atoms with Gasteiger partial charge in [0.1, 0.15) is 0 Å². The molecule has 0 aromatic heterocycles. The molecule has 2 atom stereocenters. The number of hydrogen-bond acceptors (Lipinski definition) is 3. The van der Waals surface area contributed by atoms with Crippen LogP contribution in [0, 0.1) is 5.92 Å². The number of morpholine rings is 1. The van der Waals surface area contributed by atoms with Gasteiger partial charge in [0.15, 0.2) is 0 Å². The third-order valence-corrected chi connectivity index (χ3v) is 6.15. The molecule has 1 aromatic rings. The van der Waals surface area contributed by atoms with Crippen LogP contribution in [-0.2, 0) is 14.9 Å². The van der Waals surface area contributed by atoms with Crippen molar-refractivity contribution in [2.75, 3.05) is 39.4 Å². The summed E-state index contributed by atoms with van der Waals surface area (Å²) in [6, 6.07) is 8.31. The van der Waals surface area contributed by atoms with Crippen molar-refractivity contribution in [3.05, 3.63) is 34.9 Å². The van der Waals surface area contributed by atoms with Crippen molar-refractivity contribution in [2.45, 2.75) is 31.2 Å². The van der Waals surface area contributed by atoms with Gasteiger partial charge in [0, 0.05) is 37.2 Å². The standard InChI is InChI=1S/C19H25ClN2O2/c1-14-12-22(13-17(14)21-7-9-24-10-8-21)18(23)19(5-6-19)15-3-2-4-16(20)11-15/h2-4,11,14,17H,5-10,12-13H2,1H3/t14-,17-/m1/s1. The molecular formula is C19H25ClN2O2. The largest absolute Gasteiger partial charge is 0.379 e. The first kappa shape index (κ1) is 16.4. The summed E-state index contributed by atoms with van der Waals surface area (Å²) in [5.41, 5.74) is 0.771. The lowest BCUT2D eigenvalue weighted by atomic mass is 9.94. The smallest absolute Gasteiger partial charge is 0.233 e. The molecule has 1 aromatic carbocycles. The topological polar surface area (TPSA) is 32.8 Å². The van der Waals surface area contributed by atoms with E-state index in [1.807, 2.05) is 18.2 Å². The first-order chi connectivity index (χ1) is 11.6. The number of likely N-dealkylation sites (tertiary alicyclic amines) is 1. The minimum atomic E-state index is -0.315. The van der Waals surface area contributed by atoms with E-state index in [4.69, 9.17) is 16.3 Å². The second-order valence-electron chi connectivity index (χ2n) is 7.50. The molecule has 24 heavy (non-hydrogen) atoms. The van der Waals surface area contributed by atoms with Gasteiger partial charge in [-0.2, -0.15) is 0 Å². The Labute approximate surface area is 148 Å². The number of carbonyl (C=O) groups is 1. The number of carbonyl (C=O) groups excluding carboxylic acids is 1. The van der Waals surface area contributed by atoms with Crippen molar-refractivity contribution in [3.8, 4) is 0 Å². The van der Waals surface area contributed by atoms with Crippen LogP contribution in [0.15, 0.2) is 24.3 Å². The maximum atomic E-state index is 13.3. The Kier molecular flexibility index (Phi) is 4.31. The number of amides is 1.